The summed E-state index contributed by atoms with van der Waals surface area (Å²) in [4.78, 5) is 23.5. The van der Waals surface area contributed by atoms with Crippen LogP contribution in [0.5, 0.6) is 0 Å². The third kappa shape index (κ3) is 18.3. The Balaban J connectivity index is 0. The number of ether oxygens (including phenoxy) is 3. The summed E-state index contributed by atoms with van der Waals surface area (Å²) in [7, 11) is -3.38. The second kappa shape index (κ2) is 19.8. The third-order valence-electron chi connectivity index (χ3n) is 4.27. The van der Waals surface area contributed by atoms with E-state index in [1.54, 1.807) is 0 Å². The van der Waals surface area contributed by atoms with Gasteiger partial charge in [0.25, 0.3) is 10.1 Å². The quantitative estimate of drug-likeness (QED) is 0.148. The second-order valence-corrected chi connectivity index (χ2v) is 8.37. The van der Waals surface area contributed by atoms with E-state index in [1.165, 1.54) is 45.6 Å². The third-order valence-corrected chi connectivity index (χ3v) is 5.35. The smallest absolute Gasteiger partial charge is 0.327 e. The topological polar surface area (TPSA) is 116 Å². The number of rotatable bonds is 18. The van der Waals surface area contributed by atoms with Crippen molar-refractivity contribution in [2.24, 2.45) is 0 Å². The molecule has 1 atom stereocenters. The van der Waals surface area contributed by atoms with Crippen LogP contribution in [0.15, 0.2) is 0 Å². The summed E-state index contributed by atoms with van der Waals surface area (Å²) in [5.41, 5.74) is 0. The minimum absolute atomic E-state index is 0. The summed E-state index contributed by atoms with van der Waals surface area (Å²) in [6, 6.07) is 0. The molecule has 0 rings (SSSR count). The molecule has 0 aliphatic rings. The summed E-state index contributed by atoms with van der Waals surface area (Å²) < 4.78 is 46.1. The van der Waals surface area contributed by atoms with E-state index in [1.807, 2.05) is 0 Å². The zero-order valence-corrected chi connectivity index (χ0v) is 21.0. The molecule has 29 heavy (non-hydrogen) atoms. The van der Waals surface area contributed by atoms with Gasteiger partial charge in [-0.15, -0.1) is 0 Å². The molecule has 1 unspecified atom stereocenters. The SMILES string of the molecule is CCCCCCCCCCCCOC(=O)CC(C(=O)OCCOC)S(=O)(=O)O.[Na]. The van der Waals surface area contributed by atoms with Crippen LogP contribution in [0, 0.1) is 0 Å². The van der Waals surface area contributed by atoms with Crippen LogP contribution in [-0.2, 0) is 33.9 Å². The summed E-state index contributed by atoms with van der Waals surface area (Å²) in [6.45, 7) is 2.26. The van der Waals surface area contributed by atoms with Crippen molar-refractivity contribution in [3.8, 4) is 0 Å². The fraction of sp³-hybridized carbons (Fsp3) is 0.895. The average molecular weight is 448 g/mol. The Bertz CT molecular complexity index is 524. The largest absolute Gasteiger partial charge is 0.466 e. The molecular formula is C19H36NaO8S. The van der Waals surface area contributed by atoms with Crippen molar-refractivity contribution in [2.75, 3.05) is 26.9 Å². The molecule has 0 saturated heterocycles. The molecule has 0 heterocycles. The fourth-order valence-corrected chi connectivity index (χ4v) is 3.27. The summed E-state index contributed by atoms with van der Waals surface area (Å²) >= 11 is 0. The monoisotopic (exact) mass is 447 g/mol. The summed E-state index contributed by atoms with van der Waals surface area (Å²) in [5, 5.41) is -1.98. The van der Waals surface area contributed by atoms with Crippen molar-refractivity contribution in [2.45, 2.75) is 82.8 Å². The van der Waals surface area contributed by atoms with Gasteiger partial charge in [0.1, 0.15) is 6.61 Å². The Hall–Kier alpha value is -0.190. The van der Waals surface area contributed by atoms with E-state index in [-0.39, 0.29) is 49.4 Å². The first-order valence-corrected chi connectivity index (χ1v) is 11.6. The molecule has 0 aliphatic heterocycles. The van der Waals surface area contributed by atoms with E-state index in [0.717, 1.165) is 19.3 Å². The van der Waals surface area contributed by atoms with Gasteiger partial charge >= 0.3 is 11.9 Å². The van der Waals surface area contributed by atoms with Crippen LogP contribution in [0.3, 0.4) is 0 Å². The van der Waals surface area contributed by atoms with Crippen LogP contribution in [0.1, 0.15) is 77.6 Å². The standard InChI is InChI=1S/C19H36O8S.Na/c1-3-4-5-6-7-8-9-10-11-12-13-26-18(20)16-17(28(22,23)24)19(21)27-15-14-25-2;/h17H,3-16H2,1-2H3,(H,22,23,24);. The van der Waals surface area contributed by atoms with E-state index < -0.39 is 33.7 Å². The maximum atomic E-state index is 11.8. The van der Waals surface area contributed by atoms with Gasteiger partial charge in [-0.1, -0.05) is 64.7 Å². The average Bonchev–Trinajstić information content (AvgIpc) is 2.63. The Labute approximate surface area is 197 Å². The van der Waals surface area contributed by atoms with Gasteiger partial charge in [0, 0.05) is 36.7 Å². The van der Waals surface area contributed by atoms with Gasteiger partial charge < -0.3 is 14.2 Å². The molecule has 0 spiro atoms. The van der Waals surface area contributed by atoms with Gasteiger partial charge in [0.2, 0.25) is 0 Å². The molecule has 1 radical (unpaired) electrons. The van der Waals surface area contributed by atoms with Crippen molar-refractivity contribution in [3.05, 3.63) is 0 Å². The first kappa shape index (κ1) is 31.0. The Morgan fingerprint density at radius 2 is 1.34 bits per heavy atom. The predicted octanol–water partition coefficient (Wildman–Crippen LogP) is 2.91. The minimum atomic E-state index is -4.77. The first-order valence-electron chi connectivity index (χ1n) is 10.1. The van der Waals surface area contributed by atoms with E-state index in [0.29, 0.717) is 6.42 Å². The molecule has 0 aromatic carbocycles. The predicted molar refractivity (Wildman–Crippen MR) is 111 cm³/mol. The number of esters is 2. The molecule has 8 nitrogen and oxygen atoms in total. The van der Waals surface area contributed by atoms with Gasteiger partial charge in [0.15, 0.2) is 5.25 Å². The molecule has 0 bridgehead atoms. The zero-order chi connectivity index (χ0) is 21.3. The van der Waals surface area contributed by atoms with Crippen molar-refractivity contribution in [1.82, 2.24) is 0 Å². The summed E-state index contributed by atoms with van der Waals surface area (Å²) in [6.07, 6.45) is 10.6. The number of hydrogen-bond acceptors (Lipinski definition) is 7. The van der Waals surface area contributed by atoms with Crippen LogP contribution < -0.4 is 0 Å². The molecule has 1 N–H and O–H groups in total. The number of unbranched alkanes of at least 4 members (excludes halogenated alkanes) is 9. The molecule has 0 aliphatic carbocycles. The maximum absolute atomic E-state index is 11.8. The van der Waals surface area contributed by atoms with E-state index in [9.17, 15) is 18.0 Å². The van der Waals surface area contributed by atoms with Crippen molar-refractivity contribution < 1.29 is 36.8 Å². The second-order valence-electron chi connectivity index (χ2n) is 6.77. The number of methoxy groups -OCH3 is 1. The number of hydrogen-bond donors (Lipinski definition) is 1. The van der Waals surface area contributed by atoms with Crippen molar-refractivity contribution in [1.29, 1.82) is 0 Å². The number of carbonyl (C=O) groups excluding carboxylic acids is 2. The van der Waals surface area contributed by atoms with E-state index in [4.69, 9.17) is 9.29 Å². The van der Waals surface area contributed by atoms with Gasteiger partial charge in [-0.25, -0.2) is 0 Å². The molecule has 10 heteroatoms. The number of carbonyl (C=O) groups is 2. The minimum Gasteiger partial charge on any atom is -0.466 e. The van der Waals surface area contributed by atoms with Gasteiger partial charge in [-0.3, -0.25) is 14.1 Å². The van der Waals surface area contributed by atoms with Crippen LogP contribution in [0.25, 0.3) is 0 Å². The maximum Gasteiger partial charge on any atom is 0.327 e. The van der Waals surface area contributed by atoms with Crippen LogP contribution in [0.4, 0.5) is 0 Å². The molecule has 0 amide bonds. The molecule has 0 aromatic rings. The van der Waals surface area contributed by atoms with Gasteiger partial charge in [-0.05, 0) is 6.42 Å². The molecule has 0 saturated carbocycles. The Kier molecular flexibility index (Phi) is 21.1. The van der Waals surface area contributed by atoms with Gasteiger partial charge in [0.05, 0.1) is 19.6 Å². The normalized spacial score (nSPS) is 12.1. The molecule has 167 valence electrons. The van der Waals surface area contributed by atoms with Crippen LogP contribution >= 0.6 is 0 Å². The van der Waals surface area contributed by atoms with E-state index >= 15 is 0 Å². The molecule has 0 aromatic heterocycles. The Morgan fingerprint density at radius 3 is 1.83 bits per heavy atom. The zero-order valence-electron chi connectivity index (χ0n) is 18.2. The van der Waals surface area contributed by atoms with Crippen LogP contribution in [-0.4, -0.2) is 86.6 Å². The van der Waals surface area contributed by atoms with Crippen LogP contribution in [0.2, 0.25) is 0 Å². The molecule has 0 fully saturated rings. The van der Waals surface area contributed by atoms with Crippen molar-refractivity contribution >= 4 is 51.6 Å². The fourth-order valence-electron chi connectivity index (χ4n) is 2.61. The van der Waals surface area contributed by atoms with Gasteiger partial charge in [-0.2, -0.15) is 8.42 Å². The molecular weight excluding hydrogens is 411 g/mol. The summed E-state index contributed by atoms with van der Waals surface area (Å²) in [5.74, 6) is -2.06. The Morgan fingerprint density at radius 1 is 0.828 bits per heavy atom. The van der Waals surface area contributed by atoms with Crippen molar-refractivity contribution in [3.63, 3.8) is 0 Å². The van der Waals surface area contributed by atoms with E-state index in [2.05, 4.69) is 16.4 Å². The first-order chi connectivity index (χ1) is 13.3.